The predicted molar refractivity (Wildman–Crippen MR) is 114 cm³/mol. The van der Waals surface area contributed by atoms with Gasteiger partial charge in [0.2, 0.25) is 0 Å². The molecule has 0 saturated heterocycles. The Morgan fingerprint density at radius 1 is 1.06 bits per heavy atom. The van der Waals surface area contributed by atoms with Crippen LogP contribution in [0.15, 0.2) is 27.8 Å². The molecule has 0 bridgehead atoms. The molecule has 1 aromatic carbocycles. The van der Waals surface area contributed by atoms with E-state index in [4.69, 9.17) is 21.2 Å². The van der Waals surface area contributed by atoms with Crippen LogP contribution in [0.4, 0.5) is 0 Å². The minimum atomic E-state index is -0.631. The first-order valence-electron chi connectivity index (χ1n) is 9.29. The van der Waals surface area contributed by atoms with E-state index in [1.165, 1.54) is 23.4 Å². The van der Waals surface area contributed by atoms with Crippen molar-refractivity contribution >= 4 is 11.2 Å². The average molecular weight is 417 g/mol. The number of terminal acetylenes is 1. The molecule has 2 aromatic heterocycles. The quantitative estimate of drug-likeness (QED) is 0.573. The third-order valence-corrected chi connectivity index (χ3v) is 4.61. The Morgan fingerprint density at radius 3 is 2.42 bits per heavy atom. The Balaban J connectivity index is 2.27. The number of nitrogens with zero attached hydrogens (tertiary/aromatic N) is 5. The average Bonchev–Trinajstić information content (AvgIpc) is 3.13. The molecule has 0 atom stereocenters. The fourth-order valence-electron chi connectivity index (χ4n) is 3.17. The van der Waals surface area contributed by atoms with E-state index in [0.29, 0.717) is 17.1 Å². The zero-order valence-electron chi connectivity index (χ0n) is 17.3. The number of benzene rings is 1. The molecule has 0 amide bonds. The van der Waals surface area contributed by atoms with Crippen molar-refractivity contribution in [3.8, 4) is 41.8 Å². The summed E-state index contributed by atoms with van der Waals surface area (Å²) in [4.78, 5) is 30.0. The molecule has 3 aromatic rings. The summed E-state index contributed by atoms with van der Waals surface area (Å²) in [5, 5.41) is 9.02. The lowest BCUT2D eigenvalue weighted by Crippen LogP contribution is -2.40. The van der Waals surface area contributed by atoms with E-state index in [-0.39, 0.29) is 36.6 Å². The predicted octanol–water partition coefficient (Wildman–Crippen LogP) is 0.953. The van der Waals surface area contributed by atoms with Gasteiger partial charge in [0.05, 0.1) is 26.8 Å². The lowest BCUT2D eigenvalue weighted by atomic mass is 10.2. The Bertz CT molecular complexity index is 1420. The van der Waals surface area contributed by atoms with E-state index >= 15 is 0 Å². The molecule has 0 aliphatic heterocycles. The monoisotopic (exact) mass is 417 g/mol. The first kappa shape index (κ1) is 21.3. The number of aromatic nitrogens is 4. The molecular weight excluding hydrogens is 398 g/mol. The summed E-state index contributed by atoms with van der Waals surface area (Å²) in [5.41, 5.74) is -0.295. The number of hydrogen-bond acceptors (Lipinski definition) is 6. The first-order chi connectivity index (χ1) is 15.0. The van der Waals surface area contributed by atoms with Gasteiger partial charge in [0.1, 0.15) is 6.54 Å². The number of imidazole rings is 1. The van der Waals surface area contributed by atoms with Crippen LogP contribution in [0.2, 0.25) is 0 Å². The molecule has 2 heterocycles. The van der Waals surface area contributed by atoms with Gasteiger partial charge in [-0.3, -0.25) is 13.9 Å². The van der Waals surface area contributed by atoms with Gasteiger partial charge in [0.15, 0.2) is 28.5 Å². The molecule has 0 saturated carbocycles. The number of nitriles is 1. The highest BCUT2D eigenvalue weighted by Crippen LogP contribution is 2.27. The molecule has 0 unspecified atom stereocenters. The van der Waals surface area contributed by atoms with Crippen molar-refractivity contribution in [2.24, 2.45) is 0 Å². The van der Waals surface area contributed by atoms with Gasteiger partial charge in [0.25, 0.3) is 5.56 Å². The van der Waals surface area contributed by atoms with Crippen molar-refractivity contribution in [3.05, 3.63) is 50.4 Å². The number of aryl methyl sites for hydroxylation is 1. The Labute approximate surface area is 178 Å². The molecule has 9 heteroatoms. The van der Waals surface area contributed by atoms with Gasteiger partial charge >= 0.3 is 5.69 Å². The summed E-state index contributed by atoms with van der Waals surface area (Å²) in [6.45, 7) is 1.66. The molecule has 0 aliphatic rings. The van der Waals surface area contributed by atoms with Crippen LogP contribution in [-0.2, 0) is 19.6 Å². The number of fused-ring (bicyclic) bond motifs is 1. The third-order valence-electron chi connectivity index (χ3n) is 4.61. The van der Waals surface area contributed by atoms with E-state index in [9.17, 15) is 9.59 Å². The van der Waals surface area contributed by atoms with Crippen LogP contribution in [0, 0.1) is 35.5 Å². The smallest absolute Gasteiger partial charge is 0.333 e. The number of rotatable bonds is 5. The van der Waals surface area contributed by atoms with E-state index < -0.39 is 11.2 Å². The first-order valence-corrected chi connectivity index (χ1v) is 9.29. The van der Waals surface area contributed by atoms with Crippen molar-refractivity contribution in [3.63, 3.8) is 0 Å². The Kier molecular flexibility index (Phi) is 6.14. The van der Waals surface area contributed by atoms with Crippen LogP contribution in [-0.4, -0.2) is 32.9 Å². The minimum absolute atomic E-state index is 0.0240. The van der Waals surface area contributed by atoms with E-state index in [1.54, 1.807) is 25.1 Å². The van der Waals surface area contributed by atoms with Gasteiger partial charge in [-0.25, -0.2) is 14.3 Å². The maximum absolute atomic E-state index is 12.9. The van der Waals surface area contributed by atoms with Gasteiger partial charge in [-0.05, 0) is 31.0 Å². The van der Waals surface area contributed by atoms with Crippen molar-refractivity contribution < 1.29 is 9.47 Å². The molecular formula is C22H19N5O4. The van der Waals surface area contributed by atoms with E-state index in [0.717, 1.165) is 4.57 Å². The van der Waals surface area contributed by atoms with E-state index in [1.807, 2.05) is 6.07 Å². The summed E-state index contributed by atoms with van der Waals surface area (Å²) in [5.74, 6) is 9.70. The van der Waals surface area contributed by atoms with Gasteiger partial charge in [-0.15, -0.1) is 6.42 Å². The highest BCUT2D eigenvalue weighted by Gasteiger charge is 2.20. The summed E-state index contributed by atoms with van der Waals surface area (Å²) in [7, 11) is 3.06. The molecule has 0 spiro atoms. The number of methoxy groups -OCH3 is 2. The Morgan fingerprint density at radius 2 is 1.81 bits per heavy atom. The fourth-order valence-corrected chi connectivity index (χ4v) is 3.17. The second-order valence-corrected chi connectivity index (χ2v) is 6.29. The molecule has 9 nitrogen and oxygen atoms in total. The molecule has 156 valence electrons. The number of hydrogen-bond donors (Lipinski definition) is 0. The van der Waals surface area contributed by atoms with Crippen LogP contribution < -0.4 is 20.7 Å². The standard InChI is InChI=1S/C22H19N5O4/c1-5-12-26-18(10-8-15-7-9-16(30-3)17(14-15)31-4)24-20-19(26)21(28)27(13-11-23)22(29)25(20)6-2/h1,7,9,14H,6,12-13H2,2-4H3. The SMILES string of the molecule is C#CCn1c(C#Cc2ccc(OC)c(OC)c2)nc2c1c(=O)n(CC#N)c(=O)n2CC. The van der Waals surface area contributed by atoms with Crippen LogP contribution in [0.25, 0.3) is 11.2 Å². The fraction of sp³-hybridized carbons (Fsp3) is 0.273. The molecule has 31 heavy (non-hydrogen) atoms. The third kappa shape index (κ3) is 3.75. The maximum atomic E-state index is 12.9. The highest BCUT2D eigenvalue weighted by atomic mass is 16.5. The largest absolute Gasteiger partial charge is 0.493 e. The summed E-state index contributed by atoms with van der Waals surface area (Å²) in [6, 6.07) is 7.03. The van der Waals surface area contributed by atoms with Crippen molar-refractivity contribution in [2.45, 2.75) is 26.6 Å². The topological polar surface area (TPSA) is 104 Å². The Hall–Kier alpha value is -4.42. The second-order valence-electron chi connectivity index (χ2n) is 6.29. The summed E-state index contributed by atoms with van der Waals surface area (Å²) >= 11 is 0. The van der Waals surface area contributed by atoms with Crippen molar-refractivity contribution in [1.29, 1.82) is 5.26 Å². The number of ether oxygens (including phenoxy) is 2. The second kappa shape index (κ2) is 8.94. The maximum Gasteiger partial charge on any atom is 0.333 e. The van der Waals surface area contributed by atoms with Crippen LogP contribution >= 0.6 is 0 Å². The summed E-state index contributed by atoms with van der Waals surface area (Å²) < 4.78 is 14.2. The van der Waals surface area contributed by atoms with Gasteiger partial charge < -0.3 is 9.47 Å². The van der Waals surface area contributed by atoms with Crippen molar-refractivity contribution in [2.75, 3.05) is 14.2 Å². The summed E-state index contributed by atoms with van der Waals surface area (Å²) in [6.07, 6.45) is 5.50. The van der Waals surface area contributed by atoms with Crippen LogP contribution in [0.5, 0.6) is 11.5 Å². The zero-order valence-corrected chi connectivity index (χ0v) is 17.3. The molecule has 0 radical (unpaired) electrons. The minimum Gasteiger partial charge on any atom is -0.493 e. The van der Waals surface area contributed by atoms with Gasteiger partial charge in [0, 0.05) is 12.1 Å². The van der Waals surface area contributed by atoms with Gasteiger partial charge in [-0.1, -0.05) is 11.8 Å². The molecule has 0 fully saturated rings. The molecule has 0 N–H and O–H groups in total. The van der Waals surface area contributed by atoms with Crippen LogP contribution in [0.1, 0.15) is 18.3 Å². The van der Waals surface area contributed by atoms with Crippen molar-refractivity contribution in [1.82, 2.24) is 18.7 Å². The van der Waals surface area contributed by atoms with Gasteiger partial charge in [-0.2, -0.15) is 5.26 Å². The zero-order chi connectivity index (χ0) is 22.5. The lowest BCUT2D eigenvalue weighted by Gasteiger charge is -2.08. The highest BCUT2D eigenvalue weighted by molar-refractivity contribution is 5.72. The van der Waals surface area contributed by atoms with E-state index in [2.05, 4.69) is 22.7 Å². The normalized spacial score (nSPS) is 10.1. The lowest BCUT2D eigenvalue weighted by molar-refractivity contribution is 0.355. The van der Waals surface area contributed by atoms with Crippen LogP contribution in [0.3, 0.4) is 0 Å². The molecule has 3 rings (SSSR count). The molecule has 0 aliphatic carbocycles.